The fraction of sp³-hybridized carbons (Fsp3) is 0.444. The molecule has 0 amide bonds. The van der Waals surface area contributed by atoms with Gasteiger partial charge < -0.3 is 0 Å². The van der Waals surface area contributed by atoms with E-state index < -0.39 is 0 Å². The van der Waals surface area contributed by atoms with Gasteiger partial charge in [-0.25, -0.2) is 0 Å². The summed E-state index contributed by atoms with van der Waals surface area (Å²) in [6.45, 7) is 2.17. The second-order valence-corrected chi connectivity index (χ2v) is 3.59. The Bertz CT molecular complexity index is 233. The summed E-state index contributed by atoms with van der Waals surface area (Å²) in [4.78, 5) is 1.39. The Morgan fingerprint density at radius 1 is 1.73 bits per heavy atom. The van der Waals surface area contributed by atoms with Gasteiger partial charge in [0.15, 0.2) is 0 Å². The van der Waals surface area contributed by atoms with Gasteiger partial charge in [-0.2, -0.15) is 5.26 Å². The van der Waals surface area contributed by atoms with Gasteiger partial charge >= 0.3 is 0 Å². The zero-order chi connectivity index (χ0) is 8.10. The van der Waals surface area contributed by atoms with Gasteiger partial charge in [0.2, 0.25) is 0 Å². The van der Waals surface area contributed by atoms with Crippen LogP contribution in [0.2, 0.25) is 0 Å². The van der Waals surface area contributed by atoms with E-state index in [1.165, 1.54) is 4.88 Å². The van der Waals surface area contributed by atoms with Crippen molar-refractivity contribution in [1.82, 2.24) is 0 Å². The second kappa shape index (κ2) is 4.15. The van der Waals surface area contributed by atoms with Crippen LogP contribution in [0.4, 0.5) is 0 Å². The summed E-state index contributed by atoms with van der Waals surface area (Å²) in [5.74, 6) is 0.551. The van der Waals surface area contributed by atoms with Crippen LogP contribution in [0.5, 0.6) is 0 Å². The standard InChI is InChI=1S/C9H11NS/c1-8(4-2-6-10)9-5-3-7-11-9/h3,5,7-8H,2,4H2,1H3. The van der Waals surface area contributed by atoms with E-state index in [-0.39, 0.29) is 0 Å². The lowest BCUT2D eigenvalue weighted by atomic mass is 10.0. The molecule has 2 heteroatoms. The lowest BCUT2D eigenvalue weighted by Crippen LogP contribution is -1.87. The predicted octanol–water partition coefficient (Wildman–Crippen LogP) is 3.16. The molecule has 0 radical (unpaired) electrons. The van der Waals surface area contributed by atoms with E-state index in [0.717, 1.165) is 6.42 Å². The molecule has 0 aliphatic carbocycles. The van der Waals surface area contributed by atoms with Gasteiger partial charge in [0.1, 0.15) is 0 Å². The molecule has 1 heterocycles. The molecule has 0 bridgehead atoms. The van der Waals surface area contributed by atoms with Crippen LogP contribution in [0.25, 0.3) is 0 Å². The van der Waals surface area contributed by atoms with E-state index in [9.17, 15) is 0 Å². The average molecular weight is 165 g/mol. The Kier molecular flexibility index (Phi) is 3.13. The van der Waals surface area contributed by atoms with Gasteiger partial charge in [0.05, 0.1) is 6.07 Å². The van der Waals surface area contributed by atoms with Crippen LogP contribution in [0.15, 0.2) is 17.5 Å². The summed E-state index contributed by atoms with van der Waals surface area (Å²) >= 11 is 1.77. The third-order valence-electron chi connectivity index (χ3n) is 1.72. The third-order valence-corrected chi connectivity index (χ3v) is 2.82. The molecule has 1 aromatic rings. The zero-order valence-corrected chi connectivity index (χ0v) is 7.40. The minimum absolute atomic E-state index is 0.551. The molecule has 1 unspecified atom stereocenters. The van der Waals surface area contributed by atoms with E-state index in [1.54, 1.807) is 11.3 Å². The molecule has 1 nitrogen and oxygen atoms in total. The summed E-state index contributed by atoms with van der Waals surface area (Å²) < 4.78 is 0. The van der Waals surface area contributed by atoms with Crippen LogP contribution in [0, 0.1) is 11.3 Å². The molecule has 0 aliphatic heterocycles. The number of nitrogens with zero attached hydrogens (tertiary/aromatic N) is 1. The maximum absolute atomic E-state index is 8.37. The van der Waals surface area contributed by atoms with Crippen LogP contribution in [-0.2, 0) is 0 Å². The van der Waals surface area contributed by atoms with Gasteiger partial charge in [-0.3, -0.25) is 0 Å². The Morgan fingerprint density at radius 3 is 3.09 bits per heavy atom. The molecule has 1 aromatic heterocycles. The molecule has 0 saturated heterocycles. The summed E-state index contributed by atoms with van der Waals surface area (Å²) in [5.41, 5.74) is 0. The van der Waals surface area contributed by atoms with Gasteiger partial charge in [-0.05, 0) is 23.8 Å². The Morgan fingerprint density at radius 2 is 2.55 bits per heavy atom. The van der Waals surface area contributed by atoms with Gasteiger partial charge in [0, 0.05) is 11.3 Å². The van der Waals surface area contributed by atoms with Crippen molar-refractivity contribution in [3.63, 3.8) is 0 Å². The largest absolute Gasteiger partial charge is 0.198 e. The van der Waals surface area contributed by atoms with Gasteiger partial charge in [0.25, 0.3) is 0 Å². The predicted molar refractivity (Wildman–Crippen MR) is 47.6 cm³/mol. The lowest BCUT2D eigenvalue weighted by Gasteiger charge is -2.04. The molecule has 0 aliphatic rings. The maximum Gasteiger partial charge on any atom is 0.0621 e. The molecule has 11 heavy (non-hydrogen) atoms. The zero-order valence-electron chi connectivity index (χ0n) is 6.58. The first-order chi connectivity index (χ1) is 5.34. The number of hydrogen-bond donors (Lipinski definition) is 0. The Balaban J connectivity index is 2.44. The first-order valence-corrected chi connectivity index (χ1v) is 4.63. The molecule has 0 aromatic carbocycles. The van der Waals surface area contributed by atoms with Crippen molar-refractivity contribution in [3.8, 4) is 6.07 Å². The average Bonchev–Trinajstić information content (AvgIpc) is 2.52. The molecular formula is C9H11NS. The highest BCUT2D eigenvalue weighted by atomic mass is 32.1. The molecular weight excluding hydrogens is 154 g/mol. The number of rotatable bonds is 3. The minimum Gasteiger partial charge on any atom is -0.198 e. The van der Waals surface area contributed by atoms with Gasteiger partial charge in [-0.15, -0.1) is 11.3 Å². The summed E-state index contributed by atoms with van der Waals surface area (Å²) in [5, 5.41) is 10.4. The van der Waals surface area contributed by atoms with Crippen molar-refractivity contribution < 1.29 is 0 Å². The lowest BCUT2D eigenvalue weighted by molar-refractivity contribution is 0.707. The van der Waals surface area contributed by atoms with E-state index in [1.807, 2.05) is 0 Å². The van der Waals surface area contributed by atoms with E-state index in [2.05, 4.69) is 30.5 Å². The van der Waals surface area contributed by atoms with Crippen LogP contribution >= 0.6 is 11.3 Å². The number of hydrogen-bond acceptors (Lipinski definition) is 2. The SMILES string of the molecule is CC(CCC#N)c1cccs1. The van der Waals surface area contributed by atoms with Crippen molar-refractivity contribution in [1.29, 1.82) is 5.26 Å². The summed E-state index contributed by atoms with van der Waals surface area (Å²) in [7, 11) is 0. The Labute approximate surface area is 71.3 Å². The monoisotopic (exact) mass is 165 g/mol. The highest BCUT2D eigenvalue weighted by Gasteiger charge is 2.04. The van der Waals surface area contributed by atoms with Crippen molar-refractivity contribution in [2.45, 2.75) is 25.7 Å². The van der Waals surface area contributed by atoms with Crippen LogP contribution in [0.3, 0.4) is 0 Å². The normalized spacial score (nSPS) is 12.4. The maximum atomic E-state index is 8.37. The fourth-order valence-corrected chi connectivity index (χ4v) is 1.82. The van der Waals surface area contributed by atoms with Crippen LogP contribution in [0.1, 0.15) is 30.6 Å². The highest BCUT2D eigenvalue weighted by molar-refractivity contribution is 7.10. The molecule has 1 atom stereocenters. The smallest absolute Gasteiger partial charge is 0.0621 e. The van der Waals surface area contributed by atoms with E-state index in [0.29, 0.717) is 12.3 Å². The minimum atomic E-state index is 0.551. The molecule has 0 fully saturated rings. The van der Waals surface area contributed by atoms with Crippen molar-refractivity contribution >= 4 is 11.3 Å². The van der Waals surface area contributed by atoms with Crippen molar-refractivity contribution in [2.75, 3.05) is 0 Å². The molecule has 0 spiro atoms. The number of nitriles is 1. The molecule has 0 N–H and O–H groups in total. The first kappa shape index (κ1) is 8.29. The Hall–Kier alpha value is -0.810. The fourth-order valence-electron chi connectivity index (χ4n) is 0.995. The van der Waals surface area contributed by atoms with Crippen molar-refractivity contribution in [2.24, 2.45) is 0 Å². The molecule has 0 saturated carbocycles. The molecule has 58 valence electrons. The first-order valence-electron chi connectivity index (χ1n) is 3.75. The van der Waals surface area contributed by atoms with E-state index >= 15 is 0 Å². The third kappa shape index (κ3) is 2.36. The van der Waals surface area contributed by atoms with Gasteiger partial charge in [-0.1, -0.05) is 13.0 Å². The second-order valence-electron chi connectivity index (χ2n) is 2.61. The molecule has 1 rings (SSSR count). The van der Waals surface area contributed by atoms with Crippen LogP contribution < -0.4 is 0 Å². The topological polar surface area (TPSA) is 23.8 Å². The van der Waals surface area contributed by atoms with Crippen LogP contribution in [-0.4, -0.2) is 0 Å². The summed E-state index contributed by atoms with van der Waals surface area (Å²) in [6.07, 6.45) is 1.65. The highest BCUT2D eigenvalue weighted by Crippen LogP contribution is 2.24. The van der Waals surface area contributed by atoms with Crippen molar-refractivity contribution in [3.05, 3.63) is 22.4 Å². The number of thiophene rings is 1. The van der Waals surface area contributed by atoms with E-state index in [4.69, 9.17) is 5.26 Å². The summed E-state index contributed by atoms with van der Waals surface area (Å²) in [6, 6.07) is 6.36. The quantitative estimate of drug-likeness (QED) is 0.675.